The molecule has 0 spiro atoms. The molecule has 0 aliphatic heterocycles. The molecule has 4 N–H and O–H groups in total. The van der Waals surface area contributed by atoms with E-state index in [1.807, 2.05) is 42.5 Å². The van der Waals surface area contributed by atoms with Crippen LogP contribution in [0, 0.1) is 0 Å². The van der Waals surface area contributed by atoms with Gasteiger partial charge >= 0.3 is 0 Å². The van der Waals surface area contributed by atoms with Crippen LogP contribution >= 0.6 is 0 Å². The fraction of sp³-hybridized carbons (Fsp3) is 0.182. The molecule has 0 saturated heterocycles. The van der Waals surface area contributed by atoms with Gasteiger partial charge in [-0.05, 0) is 12.0 Å². The van der Waals surface area contributed by atoms with Gasteiger partial charge in [-0.2, -0.15) is 0 Å². The van der Waals surface area contributed by atoms with Gasteiger partial charge in [-0.25, -0.2) is 0 Å². The number of primary amides is 1. The number of rotatable bonds is 4. The Balaban J connectivity index is 2.46. The van der Waals surface area contributed by atoms with Crippen molar-refractivity contribution in [2.45, 2.75) is 12.5 Å². The second-order valence-electron chi connectivity index (χ2n) is 3.06. The Morgan fingerprint density at radius 3 is 2.57 bits per heavy atom. The van der Waals surface area contributed by atoms with Gasteiger partial charge in [0.2, 0.25) is 5.91 Å². The van der Waals surface area contributed by atoms with Crippen LogP contribution in [0.2, 0.25) is 0 Å². The first-order chi connectivity index (χ1) is 6.70. The summed E-state index contributed by atoms with van der Waals surface area (Å²) in [5.41, 5.74) is 11.6. The Bertz CT molecular complexity index is 319. The predicted octanol–water partition coefficient (Wildman–Crippen LogP) is 0.902. The number of hydrogen-bond donors (Lipinski definition) is 2. The average molecular weight is 190 g/mol. The SMILES string of the molecule is NC(=O)C(N)CC=Cc1ccccc1. The highest BCUT2D eigenvalue weighted by atomic mass is 16.1. The maximum absolute atomic E-state index is 10.6. The minimum Gasteiger partial charge on any atom is -0.368 e. The van der Waals surface area contributed by atoms with Gasteiger partial charge in [0, 0.05) is 0 Å². The summed E-state index contributed by atoms with van der Waals surface area (Å²) in [5, 5.41) is 0. The molecule has 1 aromatic rings. The number of nitrogens with two attached hydrogens (primary N) is 2. The molecule has 1 unspecified atom stereocenters. The first-order valence-electron chi connectivity index (χ1n) is 4.46. The van der Waals surface area contributed by atoms with Gasteiger partial charge in [0.25, 0.3) is 0 Å². The Kier molecular flexibility index (Phi) is 3.88. The Hall–Kier alpha value is -1.61. The maximum atomic E-state index is 10.6. The smallest absolute Gasteiger partial charge is 0.234 e. The summed E-state index contributed by atoms with van der Waals surface area (Å²) in [6.07, 6.45) is 4.25. The van der Waals surface area contributed by atoms with Crippen LogP contribution in [0.25, 0.3) is 6.08 Å². The maximum Gasteiger partial charge on any atom is 0.234 e. The van der Waals surface area contributed by atoms with Crippen molar-refractivity contribution in [1.82, 2.24) is 0 Å². The fourth-order valence-electron chi connectivity index (χ4n) is 1.03. The van der Waals surface area contributed by atoms with E-state index in [1.54, 1.807) is 0 Å². The first kappa shape index (κ1) is 10.5. The standard InChI is InChI=1S/C11H14N2O/c12-10(11(13)14)8-4-7-9-5-2-1-3-6-9/h1-7,10H,8,12H2,(H2,13,14). The van der Waals surface area contributed by atoms with E-state index in [0.717, 1.165) is 5.56 Å². The Morgan fingerprint density at radius 1 is 1.36 bits per heavy atom. The van der Waals surface area contributed by atoms with Crippen molar-refractivity contribution in [3.63, 3.8) is 0 Å². The van der Waals surface area contributed by atoms with Crippen molar-refractivity contribution in [2.75, 3.05) is 0 Å². The molecule has 14 heavy (non-hydrogen) atoms. The van der Waals surface area contributed by atoms with Gasteiger partial charge in [-0.3, -0.25) is 4.79 Å². The van der Waals surface area contributed by atoms with E-state index in [-0.39, 0.29) is 0 Å². The molecular formula is C11H14N2O. The van der Waals surface area contributed by atoms with Crippen LogP contribution in [-0.4, -0.2) is 11.9 Å². The fourth-order valence-corrected chi connectivity index (χ4v) is 1.03. The predicted molar refractivity (Wildman–Crippen MR) is 57.3 cm³/mol. The minimum atomic E-state index is -0.588. The third-order valence-corrected chi connectivity index (χ3v) is 1.87. The second-order valence-corrected chi connectivity index (χ2v) is 3.06. The largest absolute Gasteiger partial charge is 0.368 e. The highest BCUT2D eigenvalue weighted by Crippen LogP contribution is 2.02. The lowest BCUT2D eigenvalue weighted by atomic mass is 10.1. The van der Waals surface area contributed by atoms with Crippen molar-refractivity contribution in [2.24, 2.45) is 11.5 Å². The molecule has 3 heteroatoms. The van der Waals surface area contributed by atoms with Gasteiger partial charge in [-0.1, -0.05) is 42.5 Å². The molecule has 0 fully saturated rings. The van der Waals surface area contributed by atoms with E-state index < -0.39 is 11.9 Å². The zero-order valence-electron chi connectivity index (χ0n) is 7.89. The lowest BCUT2D eigenvalue weighted by Crippen LogP contribution is -2.35. The van der Waals surface area contributed by atoms with Crippen molar-refractivity contribution < 1.29 is 4.79 Å². The normalized spacial score (nSPS) is 12.9. The Labute approximate surface area is 83.4 Å². The lowest BCUT2D eigenvalue weighted by Gasteiger charge is -2.01. The van der Waals surface area contributed by atoms with E-state index in [4.69, 9.17) is 11.5 Å². The van der Waals surface area contributed by atoms with Gasteiger partial charge in [-0.15, -0.1) is 0 Å². The van der Waals surface area contributed by atoms with Crippen molar-refractivity contribution in [3.8, 4) is 0 Å². The van der Waals surface area contributed by atoms with E-state index in [9.17, 15) is 4.79 Å². The van der Waals surface area contributed by atoms with Gasteiger partial charge in [0.05, 0.1) is 6.04 Å². The van der Waals surface area contributed by atoms with Crippen LogP contribution in [0.15, 0.2) is 36.4 Å². The molecule has 0 heterocycles. The number of hydrogen-bond acceptors (Lipinski definition) is 2. The quantitative estimate of drug-likeness (QED) is 0.740. The molecule has 1 amide bonds. The zero-order chi connectivity index (χ0) is 10.4. The topological polar surface area (TPSA) is 69.1 Å². The van der Waals surface area contributed by atoms with Crippen LogP contribution in [0.3, 0.4) is 0 Å². The number of carbonyl (C=O) groups excluding carboxylic acids is 1. The number of benzene rings is 1. The van der Waals surface area contributed by atoms with Crippen molar-refractivity contribution in [1.29, 1.82) is 0 Å². The minimum absolute atomic E-state index is 0.470. The molecule has 74 valence electrons. The van der Waals surface area contributed by atoms with E-state index in [1.165, 1.54) is 0 Å². The molecule has 0 radical (unpaired) electrons. The number of carbonyl (C=O) groups is 1. The highest BCUT2D eigenvalue weighted by Gasteiger charge is 2.04. The molecule has 3 nitrogen and oxygen atoms in total. The average Bonchev–Trinajstić information content (AvgIpc) is 2.19. The lowest BCUT2D eigenvalue weighted by molar-refractivity contribution is -0.119. The van der Waals surface area contributed by atoms with Crippen molar-refractivity contribution in [3.05, 3.63) is 42.0 Å². The summed E-state index contributed by atoms with van der Waals surface area (Å²) in [5.74, 6) is -0.470. The van der Waals surface area contributed by atoms with Crippen LogP contribution in [0.5, 0.6) is 0 Å². The molecule has 1 aromatic carbocycles. The number of amides is 1. The Morgan fingerprint density at radius 2 is 2.00 bits per heavy atom. The molecule has 0 saturated carbocycles. The molecule has 1 atom stereocenters. The molecule has 0 aromatic heterocycles. The van der Waals surface area contributed by atoms with E-state index in [0.29, 0.717) is 6.42 Å². The van der Waals surface area contributed by atoms with Crippen molar-refractivity contribution >= 4 is 12.0 Å². The van der Waals surface area contributed by atoms with Crippen LogP contribution < -0.4 is 11.5 Å². The summed E-state index contributed by atoms with van der Waals surface area (Å²) < 4.78 is 0. The van der Waals surface area contributed by atoms with Crippen LogP contribution in [0.1, 0.15) is 12.0 Å². The third kappa shape index (κ3) is 3.41. The highest BCUT2D eigenvalue weighted by molar-refractivity contribution is 5.79. The third-order valence-electron chi connectivity index (χ3n) is 1.87. The molecule has 1 rings (SSSR count). The van der Waals surface area contributed by atoms with E-state index in [2.05, 4.69) is 0 Å². The van der Waals surface area contributed by atoms with Crippen LogP contribution in [0.4, 0.5) is 0 Å². The molecule has 0 aliphatic rings. The van der Waals surface area contributed by atoms with E-state index >= 15 is 0 Å². The summed E-state index contributed by atoms with van der Waals surface area (Å²) in [6.45, 7) is 0. The monoisotopic (exact) mass is 190 g/mol. The summed E-state index contributed by atoms with van der Waals surface area (Å²) >= 11 is 0. The van der Waals surface area contributed by atoms with Crippen LogP contribution in [-0.2, 0) is 4.79 Å². The molecule has 0 bridgehead atoms. The zero-order valence-corrected chi connectivity index (χ0v) is 7.89. The second kappa shape index (κ2) is 5.19. The molecular weight excluding hydrogens is 176 g/mol. The van der Waals surface area contributed by atoms with Gasteiger partial charge < -0.3 is 11.5 Å². The van der Waals surface area contributed by atoms with Gasteiger partial charge in [0.1, 0.15) is 0 Å². The first-order valence-corrected chi connectivity index (χ1v) is 4.46. The molecule has 0 aliphatic carbocycles. The van der Waals surface area contributed by atoms with Gasteiger partial charge in [0.15, 0.2) is 0 Å². The summed E-state index contributed by atoms with van der Waals surface area (Å²) in [6, 6.07) is 9.22. The summed E-state index contributed by atoms with van der Waals surface area (Å²) in [7, 11) is 0. The summed E-state index contributed by atoms with van der Waals surface area (Å²) in [4.78, 5) is 10.6.